The molecule has 0 spiro atoms. The highest BCUT2D eigenvalue weighted by atomic mass is 35.5. The number of nitro benzene ring substituents is 1. The van der Waals surface area contributed by atoms with Crippen LogP contribution in [0.4, 0.5) is 5.69 Å². The lowest BCUT2D eigenvalue weighted by atomic mass is 10.1. The maximum absolute atomic E-state index is 10.6. The highest BCUT2D eigenvalue weighted by molar-refractivity contribution is 5.85. The van der Waals surface area contributed by atoms with E-state index in [-0.39, 0.29) is 29.1 Å². The number of nitrogens with zero attached hydrogens (tertiary/aromatic N) is 2. The zero-order chi connectivity index (χ0) is 15.8. The molecule has 1 fully saturated rings. The number of nitro groups is 1. The molecule has 0 aromatic heterocycles. The fraction of sp³-hybridized carbons (Fsp3) is 0.600. The molecule has 0 amide bonds. The quantitative estimate of drug-likeness (QED) is 0.528. The van der Waals surface area contributed by atoms with Gasteiger partial charge in [-0.15, -0.1) is 12.4 Å². The summed E-state index contributed by atoms with van der Waals surface area (Å²) in [4.78, 5) is 12.6. The van der Waals surface area contributed by atoms with Crippen LogP contribution in [0, 0.1) is 10.1 Å². The van der Waals surface area contributed by atoms with E-state index in [1.54, 1.807) is 12.1 Å². The second-order valence-corrected chi connectivity index (χ2v) is 5.69. The maximum atomic E-state index is 10.6. The minimum Gasteiger partial charge on any atom is -0.326 e. The van der Waals surface area contributed by atoms with Crippen LogP contribution in [0.15, 0.2) is 24.3 Å². The first-order chi connectivity index (χ1) is 10.6. The Kier molecular flexibility index (Phi) is 9.05. The van der Waals surface area contributed by atoms with Crippen LogP contribution in [0.5, 0.6) is 0 Å². The summed E-state index contributed by atoms with van der Waals surface area (Å²) in [6.07, 6.45) is 0.731. The highest BCUT2D eigenvalue weighted by Crippen LogP contribution is 2.13. The van der Waals surface area contributed by atoms with Crippen LogP contribution in [-0.4, -0.2) is 61.7 Å². The van der Waals surface area contributed by atoms with Crippen LogP contribution in [0.25, 0.3) is 0 Å². The second-order valence-electron chi connectivity index (χ2n) is 5.69. The van der Waals surface area contributed by atoms with Crippen molar-refractivity contribution in [2.75, 3.05) is 45.8 Å². The molecule has 7 nitrogen and oxygen atoms in total. The van der Waals surface area contributed by atoms with Crippen molar-refractivity contribution in [3.63, 3.8) is 0 Å². The summed E-state index contributed by atoms with van der Waals surface area (Å²) >= 11 is 0. The van der Waals surface area contributed by atoms with Crippen molar-refractivity contribution in [3.05, 3.63) is 39.9 Å². The maximum Gasteiger partial charge on any atom is 0.269 e. The molecular weight excluding hydrogens is 318 g/mol. The molecule has 1 aliphatic heterocycles. The molecule has 0 saturated carbocycles. The molecule has 4 N–H and O–H groups in total. The van der Waals surface area contributed by atoms with Gasteiger partial charge in [0.05, 0.1) is 4.92 Å². The summed E-state index contributed by atoms with van der Waals surface area (Å²) < 4.78 is 0. The monoisotopic (exact) mass is 343 g/mol. The van der Waals surface area contributed by atoms with Gasteiger partial charge in [0.25, 0.3) is 5.69 Å². The van der Waals surface area contributed by atoms with E-state index in [4.69, 9.17) is 5.73 Å². The van der Waals surface area contributed by atoms with Crippen molar-refractivity contribution in [2.45, 2.75) is 12.5 Å². The first-order valence-corrected chi connectivity index (χ1v) is 7.78. The van der Waals surface area contributed by atoms with Gasteiger partial charge < -0.3 is 16.4 Å². The van der Waals surface area contributed by atoms with E-state index in [1.807, 2.05) is 0 Å². The van der Waals surface area contributed by atoms with E-state index < -0.39 is 0 Å². The normalized spacial score (nSPS) is 18.1. The van der Waals surface area contributed by atoms with Crippen molar-refractivity contribution < 1.29 is 4.92 Å². The molecule has 23 heavy (non-hydrogen) atoms. The third-order valence-electron chi connectivity index (χ3n) is 3.83. The Labute approximate surface area is 143 Å². The van der Waals surface area contributed by atoms with Crippen LogP contribution in [0.3, 0.4) is 0 Å². The van der Waals surface area contributed by atoms with Crippen molar-refractivity contribution >= 4 is 18.1 Å². The van der Waals surface area contributed by atoms with Gasteiger partial charge >= 0.3 is 0 Å². The predicted octanol–water partition coefficient (Wildman–Crippen LogP) is 0.381. The summed E-state index contributed by atoms with van der Waals surface area (Å²) in [5, 5.41) is 17.4. The van der Waals surface area contributed by atoms with E-state index >= 15 is 0 Å². The van der Waals surface area contributed by atoms with Crippen molar-refractivity contribution in [2.24, 2.45) is 5.73 Å². The third kappa shape index (κ3) is 7.24. The van der Waals surface area contributed by atoms with E-state index in [1.165, 1.54) is 12.1 Å². The number of benzene rings is 1. The lowest BCUT2D eigenvalue weighted by molar-refractivity contribution is -0.384. The average Bonchev–Trinajstić information content (AvgIpc) is 2.62. The topological polar surface area (TPSA) is 96.5 Å². The molecule has 130 valence electrons. The Balaban J connectivity index is 0.00000264. The number of rotatable bonds is 5. The molecule has 1 unspecified atom stereocenters. The summed E-state index contributed by atoms with van der Waals surface area (Å²) in [5.41, 5.74) is 7.41. The largest absolute Gasteiger partial charge is 0.326 e. The predicted molar refractivity (Wildman–Crippen MR) is 94.2 cm³/mol. The van der Waals surface area contributed by atoms with Crippen molar-refractivity contribution in [1.29, 1.82) is 0 Å². The smallest absolute Gasteiger partial charge is 0.269 e. The first kappa shape index (κ1) is 19.8. The summed E-state index contributed by atoms with van der Waals surface area (Å²) in [6.45, 7) is 6.79. The lowest BCUT2D eigenvalue weighted by Crippen LogP contribution is -2.43. The number of non-ortho nitro benzene ring substituents is 1. The summed E-state index contributed by atoms with van der Waals surface area (Å²) in [7, 11) is 0. The van der Waals surface area contributed by atoms with Gasteiger partial charge in [-0.1, -0.05) is 12.1 Å². The Bertz CT molecular complexity index is 461. The van der Waals surface area contributed by atoms with Gasteiger partial charge in [0, 0.05) is 64.0 Å². The molecule has 2 rings (SSSR count). The Morgan fingerprint density at radius 3 is 2.22 bits per heavy atom. The molecule has 1 atom stereocenters. The van der Waals surface area contributed by atoms with Gasteiger partial charge in [-0.25, -0.2) is 0 Å². The zero-order valence-electron chi connectivity index (χ0n) is 13.2. The minimum absolute atomic E-state index is 0. The molecule has 0 radical (unpaired) electrons. The number of hydrogen-bond donors (Lipinski definition) is 3. The fourth-order valence-electron chi connectivity index (χ4n) is 2.65. The van der Waals surface area contributed by atoms with Gasteiger partial charge in [-0.05, 0) is 12.0 Å². The standard InChI is InChI=1S/C15H25N5O2.ClH/c16-14(11-13-1-3-15(4-2-13)20(21)22)12-19-9-7-17-5-6-18-8-10-19;/h1-4,14,17-18H,5-12,16H2;1H. The summed E-state index contributed by atoms with van der Waals surface area (Å²) in [6, 6.07) is 6.69. The second kappa shape index (κ2) is 10.5. The number of nitrogens with two attached hydrogens (primary N) is 1. The molecule has 8 heteroatoms. The van der Waals surface area contributed by atoms with Crippen LogP contribution < -0.4 is 16.4 Å². The first-order valence-electron chi connectivity index (χ1n) is 7.78. The Morgan fingerprint density at radius 2 is 1.70 bits per heavy atom. The molecule has 0 aliphatic carbocycles. The average molecular weight is 344 g/mol. The molecular formula is C15H26ClN5O2. The SMILES string of the molecule is Cl.NC(Cc1ccc([N+](=O)[O-])cc1)CN1CCNCCNCC1. The number of halogens is 1. The molecule has 1 aliphatic rings. The van der Waals surface area contributed by atoms with Crippen LogP contribution in [-0.2, 0) is 6.42 Å². The number of nitrogens with one attached hydrogen (secondary N) is 2. The molecule has 1 aromatic rings. The van der Waals surface area contributed by atoms with Crippen molar-refractivity contribution in [3.8, 4) is 0 Å². The Morgan fingerprint density at radius 1 is 1.13 bits per heavy atom. The van der Waals surface area contributed by atoms with Gasteiger partial charge in [0.2, 0.25) is 0 Å². The van der Waals surface area contributed by atoms with E-state index in [2.05, 4.69) is 15.5 Å². The highest BCUT2D eigenvalue weighted by Gasteiger charge is 2.13. The fourth-order valence-corrected chi connectivity index (χ4v) is 2.65. The van der Waals surface area contributed by atoms with E-state index in [0.29, 0.717) is 0 Å². The van der Waals surface area contributed by atoms with Gasteiger partial charge in [0.1, 0.15) is 0 Å². The molecule has 1 aromatic carbocycles. The zero-order valence-corrected chi connectivity index (χ0v) is 14.1. The molecule has 1 heterocycles. The summed E-state index contributed by atoms with van der Waals surface area (Å²) in [5.74, 6) is 0. The van der Waals surface area contributed by atoms with E-state index in [0.717, 1.165) is 57.8 Å². The van der Waals surface area contributed by atoms with Gasteiger partial charge in [-0.3, -0.25) is 15.0 Å². The van der Waals surface area contributed by atoms with Crippen LogP contribution in [0.1, 0.15) is 5.56 Å². The minimum atomic E-state index is -0.382. The van der Waals surface area contributed by atoms with Crippen molar-refractivity contribution in [1.82, 2.24) is 15.5 Å². The van der Waals surface area contributed by atoms with Crippen LogP contribution in [0.2, 0.25) is 0 Å². The van der Waals surface area contributed by atoms with Gasteiger partial charge in [0.15, 0.2) is 0 Å². The lowest BCUT2D eigenvalue weighted by Gasteiger charge is -2.25. The Hall–Kier alpha value is -1.25. The number of hydrogen-bond acceptors (Lipinski definition) is 6. The molecule has 1 saturated heterocycles. The van der Waals surface area contributed by atoms with E-state index in [9.17, 15) is 10.1 Å². The van der Waals surface area contributed by atoms with Gasteiger partial charge in [-0.2, -0.15) is 0 Å². The third-order valence-corrected chi connectivity index (χ3v) is 3.83. The van der Waals surface area contributed by atoms with Crippen LogP contribution >= 0.6 is 12.4 Å². The molecule has 0 bridgehead atoms.